The van der Waals surface area contributed by atoms with E-state index in [4.69, 9.17) is 4.42 Å². The lowest BCUT2D eigenvalue weighted by Crippen LogP contribution is -2.63. The van der Waals surface area contributed by atoms with Crippen molar-refractivity contribution in [1.82, 2.24) is 4.57 Å². The van der Waals surface area contributed by atoms with E-state index in [1.54, 1.807) is 0 Å². The van der Waals surface area contributed by atoms with Gasteiger partial charge >= 0.3 is 0 Å². The van der Waals surface area contributed by atoms with E-state index < -0.39 is 5.41 Å². The number of hydrogen-bond acceptors (Lipinski definition) is 3. The van der Waals surface area contributed by atoms with E-state index in [-0.39, 0.29) is 24.6 Å². The molecule has 0 bridgehead atoms. The van der Waals surface area contributed by atoms with Crippen LogP contribution >= 0.6 is 0 Å². The Hall–Kier alpha value is -10.9. The normalized spacial score (nSPS) is 17.9. The molecule has 0 spiro atoms. The topological polar surface area (TPSA) is 24.6 Å². The van der Waals surface area contributed by atoms with Gasteiger partial charge < -0.3 is 18.8 Å². The summed E-state index contributed by atoms with van der Waals surface area (Å²) in [6.07, 6.45) is 1.94. The van der Waals surface area contributed by atoms with Crippen LogP contribution in [0.1, 0.15) is 52.6 Å². The van der Waals surface area contributed by atoms with Crippen LogP contribution in [-0.2, 0) is 5.41 Å². The van der Waals surface area contributed by atoms with Crippen molar-refractivity contribution < 1.29 is 4.42 Å². The molecule has 422 valence electrons. The van der Waals surface area contributed by atoms with Crippen molar-refractivity contribution in [2.45, 2.75) is 42.1 Å². The van der Waals surface area contributed by atoms with Crippen molar-refractivity contribution in [1.29, 1.82) is 0 Å². The molecule has 0 saturated heterocycles. The molecule has 4 nitrogen and oxygen atoms in total. The zero-order valence-electron chi connectivity index (χ0n) is 49.4. The molecule has 20 rings (SSSR count). The van der Waals surface area contributed by atoms with E-state index >= 15 is 0 Å². The minimum Gasteiger partial charge on any atom is -0.454 e. The van der Waals surface area contributed by atoms with Crippen molar-refractivity contribution in [2.24, 2.45) is 0 Å². The first-order valence-electron chi connectivity index (χ1n) is 32.1. The average Bonchev–Trinajstić information content (AvgIpc) is 1.20. The van der Waals surface area contributed by atoms with Gasteiger partial charge in [0.15, 0.2) is 5.58 Å². The van der Waals surface area contributed by atoms with Gasteiger partial charge in [-0.05, 0) is 127 Å². The maximum absolute atomic E-state index is 7.28. The molecule has 4 atom stereocenters. The highest BCUT2D eigenvalue weighted by molar-refractivity contribution is 6.91. The molecule has 1 fully saturated rings. The van der Waals surface area contributed by atoms with Gasteiger partial charge in [0.2, 0.25) is 6.71 Å². The number of fused-ring (bicyclic) bond motifs is 16. The van der Waals surface area contributed by atoms with Crippen LogP contribution < -0.4 is 20.7 Å². The average molecular weight is 1150 g/mol. The number of hydrogen-bond donors (Lipinski definition) is 0. The molecule has 2 aliphatic carbocycles. The third-order valence-electron chi connectivity index (χ3n) is 21.5. The van der Waals surface area contributed by atoms with Crippen LogP contribution in [0, 0.1) is 0 Å². The highest BCUT2D eigenvalue weighted by Gasteiger charge is 2.57. The third-order valence-corrected chi connectivity index (χ3v) is 21.5. The predicted molar refractivity (Wildman–Crippen MR) is 374 cm³/mol. The fourth-order valence-electron chi connectivity index (χ4n) is 18.1. The third kappa shape index (κ3) is 6.81. The van der Waals surface area contributed by atoms with E-state index in [1.807, 2.05) is 0 Å². The highest BCUT2D eigenvalue weighted by atomic mass is 16.3. The highest BCUT2D eigenvalue weighted by Crippen LogP contribution is 2.63. The first kappa shape index (κ1) is 50.2. The van der Waals surface area contributed by atoms with Gasteiger partial charge in [0, 0.05) is 73.3 Å². The van der Waals surface area contributed by atoms with Gasteiger partial charge in [0.1, 0.15) is 5.58 Å². The summed E-state index contributed by atoms with van der Waals surface area (Å²) in [5, 5.41) is 4.98. The lowest BCUT2D eigenvalue weighted by Gasteiger charge is -2.55. The van der Waals surface area contributed by atoms with Gasteiger partial charge in [-0.3, -0.25) is 0 Å². The van der Waals surface area contributed by atoms with Crippen molar-refractivity contribution in [2.75, 3.05) is 9.80 Å². The maximum Gasteiger partial charge on any atom is 0.222 e. The molecular weight excluding hydrogens is 1090 g/mol. The summed E-state index contributed by atoms with van der Waals surface area (Å²) in [5.74, 6) is 0.445. The summed E-state index contributed by atoms with van der Waals surface area (Å²) in [4.78, 5) is 5.54. The number of aromatic nitrogens is 1. The standard InChI is InChI=1S/C85H58BN3O/c1-5-24-53(25-6-1)56-48-78-81-79(49-56)89(82-59(54-26-7-2-8-27-54)36-21-37-60(82)55-28-9-3-10-29-55)74-47-46-58(85(57-30-11-4-12-31-57)69-41-17-13-32-61(69)62-33-14-18-42-70(62)85)50-71(74)86(81)72-51-68-66-39-22-38-65-63-34-15-19-43-73(63)88(83(65)66)76(68)52-77(72)87(78)75-44-23-40-67-64-35-16-20-45-80(64)90-84(67)75/h1-50,68,72,76-77H,51-52H2. The minimum atomic E-state index is -0.619. The van der Waals surface area contributed by atoms with Crippen LogP contribution in [0.2, 0.25) is 5.82 Å². The number of benzene rings is 13. The summed E-state index contributed by atoms with van der Waals surface area (Å²) in [6, 6.07) is 115. The van der Waals surface area contributed by atoms with Gasteiger partial charge in [0.25, 0.3) is 0 Å². The number of anilines is 5. The van der Waals surface area contributed by atoms with Crippen molar-refractivity contribution in [3.8, 4) is 44.5 Å². The van der Waals surface area contributed by atoms with E-state index in [1.165, 1.54) is 122 Å². The van der Waals surface area contributed by atoms with Crippen molar-refractivity contribution >= 4 is 89.8 Å². The first-order valence-corrected chi connectivity index (χ1v) is 32.1. The Morgan fingerprint density at radius 3 is 1.70 bits per heavy atom. The fourth-order valence-corrected chi connectivity index (χ4v) is 18.1. The molecule has 5 heterocycles. The number of furan rings is 1. The van der Waals surface area contributed by atoms with Gasteiger partial charge in [-0.2, -0.15) is 0 Å². The summed E-state index contributed by atoms with van der Waals surface area (Å²) in [6.45, 7) is -0.0252. The second kappa shape index (κ2) is 19.1. The second-order valence-electron chi connectivity index (χ2n) is 25.7. The smallest absolute Gasteiger partial charge is 0.222 e. The van der Waals surface area contributed by atoms with Crippen LogP contribution in [0.15, 0.2) is 308 Å². The molecule has 2 aromatic heterocycles. The molecule has 90 heavy (non-hydrogen) atoms. The quantitative estimate of drug-likeness (QED) is 0.149. The molecule has 0 radical (unpaired) electrons. The predicted octanol–water partition coefficient (Wildman–Crippen LogP) is 20.5. The van der Waals surface area contributed by atoms with Gasteiger partial charge in [-0.1, -0.05) is 267 Å². The zero-order chi connectivity index (χ0) is 58.8. The maximum atomic E-state index is 7.28. The summed E-state index contributed by atoms with van der Waals surface area (Å²) >= 11 is 0. The van der Waals surface area contributed by atoms with Crippen LogP contribution in [0.5, 0.6) is 0 Å². The molecule has 0 amide bonds. The number of rotatable bonds is 7. The Bertz CT molecular complexity index is 5340. The van der Waals surface area contributed by atoms with E-state index in [0.717, 1.165) is 46.2 Å². The Kier molecular flexibility index (Phi) is 10.6. The molecule has 13 aromatic carbocycles. The lowest BCUT2D eigenvalue weighted by atomic mass is 9.27. The molecule has 15 aromatic rings. The molecule has 4 unspecified atom stereocenters. The SMILES string of the molecule is c1ccc(-c2cc3c4c(c2)N(c2cccc5c2oc2ccccc25)C2CC5C(CC2B4c2cc(C4(c6ccccc6)c6ccccc6-c6ccccc64)ccc2N3c2c(-c3ccccc3)cccc2-c2ccccc2)c2cccc3c4ccccc4n5c23)cc1. The lowest BCUT2D eigenvalue weighted by molar-refractivity contribution is 0.299. The zero-order valence-corrected chi connectivity index (χ0v) is 49.4. The summed E-state index contributed by atoms with van der Waals surface area (Å²) < 4.78 is 10.1. The van der Waals surface area contributed by atoms with Crippen molar-refractivity contribution in [3.63, 3.8) is 0 Å². The summed E-state index contributed by atoms with van der Waals surface area (Å²) in [5.41, 5.74) is 28.9. The first-order chi connectivity index (χ1) is 44.7. The van der Waals surface area contributed by atoms with Crippen LogP contribution in [0.25, 0.3) is 88.3 Å². The van der Waals surface area contributed by atoms with E-state index in [2.05, 4.69) is 318 Å². The molecule has 5 heteroatoms. The Morgan fingerprint density at radius 2 is 0.967 bits per heavy atom. The molecule has 1 saturated carbocycles. The van der Waals surface area contributed by atoms with Crippen LogP contribution in [0.4, 0.5) is 28.4 Å². The molecule has 0 N–H and O–H groups in total. The van der Waals surface area contributed by atoms with E-state index in [9.17, 15) is 0 Å². The van der Waals surface area contributed by atoms with Gasteiger partial charge in [-0.15, -0.1) is 0 Å². The van der Waals surface area contributed by atoms with E-state index in [0.29, 0.717) is 5.92 Å². The monoisotopic (exact) mass is 1150 g/mol. The van der Waals surface area contributed by atoms with Crippen LogP contribution in [-0.4, -0.2) is 17.3 Å². The fraction of sp³-hybridized carbons (Fsp3) is 0.0824. The Balaban J connectivity index is 0.943. The second-order valence-corrected chi connectivity index (χ2v) is 25.7. The van der Waals surface area contributed by atoms with Crippen LogP contribution in [0.3, 0.4) is 0 Å². The van der Waals surface area contributed by atoms with Gasteiger partial charge in [0.05, 0.1) is 22.3 Å². The molecule has 3 aliphatic heterocycles. The van der Waals surface area contributed by atoms with Gasteiger partial charge in [-0.25, -0.2) is 0 Å². The summed E-state index contributed by atoms with van der Waals surface area (Å²) in [7, 11) is 0. The largest absolute Gasteiger partial charge is 0.454 e. The number of para-hydroxylation sites is 5. The Labute approximate surface area is 523 Å². The molecular formula is C85H58BN3O. The Morgan fingerprint density at radius 1 is 0.389 bits per heavy atom. The minimum absolute atomic E-state index is 0.0252. The van der Waals surface area contributed by atoms with Crippen molar-refractivity contribution in [3.05, 3.63) is 331 Å². The molecule has 5 aliphatic rings. The number of nitrogens with zero attached hydrogens (tertiary/aromatic N) is 3.